The number of piperidine rings is 1. The molecule has 0 amide bonds. The van der Waals surface area contributed by atoms with Crippen LogP contribution in [0.1, 0.15) is 24.6 Å². The van der Waals surface area contributed by atoms with Gasteiger partial charge >= 0.3 is 0 Å². The van der Waals surface area contributed by atoms with Crippen LogP contribution in [-0.4, -0.2) is 50.4 Å². The Morgan fingerprint density at radius 3 is 2.59 bits per heavy atom. The summed E-state index contributed by atoms with van der Waals surface area (Å²) in [5.74, 6) is 0.401. The van der Waals surface area contributed by atoms with Gasteiger partial charge in [0.1, 0.15) is 23.7 Å². The SMILES string of the molecule is Cn1cnnc1C1CCN(S(=O)(=O)c2ccc(-n3cccn3)c(F)c2)CC1. The molecule has 27 heavy (non-hydrogen) atoms. The topological polar surface area (TPSA) is 85.9 Å². The molecule has 8 nitrogen and oxygen atoms in total. The third-order valence-corrected chi connectivity index (χ3v) is 6.77. The number of aromatic nitrogens is 5. The molecule has 0 atom stereocenters. The van der Waals surface area contributed by atoms with E-state index >= 15 is 0 Å². The molecular formula is C17H19FN6O2S. The van der Waals surface area contributed by atoms with Gasteiger partial charge < -0.3 is 4.57 Å². The normalized spacial score (nSPS) is 16.7. The Morgan fingerprint density at radius 1 is 1.22 bits per heavy atom. The van der Waals surface area contributed by atoms with Crippen LogP contribution >= 0.6 is 0 Å². The maximum Gasteiger partial charge on any atom is 0.243 e. The molecule has 0 spiro atoms. The fourth-order valence-electron chi connectivity index (χ4n) is 3.41. The molecule has 1 fully saturated rings. The molecule has 4 rings (SSSR count). The number of aryl methyl sites for hydroxylation is 1. The van der Waals surface area contributed by atoms with Crippen molar-refractivity contribution in [2.45, 2.75) is 23.7 Å². The Balaban J connectivity index is 1.52. The molecule has 1 aliphatic rings. The minimum Gasteiger partial charge on any atom is -0.320 e. The van der Waals surface area contributed by atoms with Crippen LogP contribution in [0.25, 0.3) is 5.69 Å². The van der Waals surface area contributed by atoms with Crippen molar-refractivity contribution in [1.82, 2.24) is 28.9 Å². The van der Waals surface area contributed by atoms with Gasteiger partial charge in [-0.3, -0.25) is 0 Å². The molecule has 1 aromatic carbocycles. The van der Waals surface area contributed by atoms with Gasteiger partial charge in [0.2, 0.25) is 10.0 Å². The molecule has 2 aromatic heterocycles. The van der Waals surface area contributed by atoms with E-state index in [1.54, 1.807) is 18.6 Å². The molecular weight excluding hydrogens is 371 g/mol. The van der Waals surface area contributed by atoms with Crippen molar-refractivity contribution in [1.29, 1.82) is 0 Å². The van der Waals surface area contributed by atoms with E-state index < -0.39 is 15.8 Å². The van der Waals surface area contributed by atoms with Gasteiger partial charge in [-0.05, 0) is 37.1 Å². The lowest BCUT2D eigenvalue weighted by Crippen LogP contribution is -2.38. The maximum absolute atomic E-state index is 14.4. The van der Waals surface area contributed by atoms with Gasteiger partial charge in [0.15, 0.2) is 0 Å². The standard InChI is InChI=1S/C17H19FN6O2S/c1-22-12-19-21-17(22)13-5-9-23(10-6-13)27(25,26)14-3-4-16(15(18)11-14)24-8-2-7-20-24/h2-4,7-8,11-13H,5-6,9-10H2,1H3. The summed E-state index contributed by atoms with van der Waals surface area (Å²) in [6, 6.07) is 5.58. The molecule has 1 aliphatic heterocycles. The lowest BCUT2D eigenvalue weighted by molar-refractivity contribution is 0.310. The van der Waals surface area contributed by atoms with E-state index in [9.17, 15) is 12.8 Å². The molecule has 0 unspecified atom stereocenters. The van der Waals surface area contributed by atoms with Crippen molar-refractivity contribution in [3.05, 3.63) is 54.6 Å². The summed E-state index contributed by atoms with van der Waals surface area (Å²) in [7, 11) is -1.87. The summed E-state index contributed by atoms with van der Waals surface area (Å²) in [5, 5.41) is 12.0. The molecule has 3 heterocycles. The Morgan fingerprint density at radius 2 is 2.00 bits per heavy atom. The lowest BCUT2D eigenvalue weighted by atomic mass is 9.97. The van der Waals surface area contributed by atoms with E-state index in [2.05, 4.69) is 15.3 Å². The first-order valence-electron chi connectivity index (χ1n) is 8.60. The Labute approximate surface area is 156 Å². The number of rotatable bonds is 4. The maximum atomic E-state index is 14.4. The molecule has 1 saturated heterocycles. The van der Waals surface area contributed by atoms with Gasteiger partial charge in [-0.25, -0.2) is 17.5 Å². The van der Waals surface area contributed by atoms with Crippen LogP contribution in [0, 0.1) is 5.82 Å². The van der Waals surface area contributed by atoms with Crippen molar-refractivity contribution < 1.29 is 12.8 Å². The first kappa shape index (κ1) is 17.8. The van der Waals surface area contributed by atoms with E-state index in [1.807, 2.05) is 11.6 Å². The van der Waals surface area contributed by atoms with Crippen LogP contribution in [-0.2, 0) is 17.1 Å². The second-order valence-corrected chi connectivity index (χ2v) is 8.48. The van der Waals surface area contributed by atoms with Gasteiger partial charge in [0.25, 0.3) is 0 Å². The van der Waals surface area contributed by atoms with Crippen molar-refractivity contribution in [3.63, 3.8) is 0 Å². The molecule has 142 valence electrons. The number of nitrogens with zero attached hydrogens (tertiary/aromatic N) is 6. The van der Waals surface area contributed by atoms with Crippen LogP contribution in [0.3, 0.4) is 0 Å². The fourth-order valence-corrected chi connectivity index (χ4v) is 4.89. The number of hydrogen-bond acceptors (Lipinski definition) is 5. The summed E-state index contributed by atoms with van der Waals surface area (Å²) >= 11 is 0. The number of halogens is 1. The molecule has 0 aliphatic carbocycles. The van der Waals surface area contributed by atoms with Gasteiger partial charge in [-0.15, -0.1) is 10.2 Å². The van der Waals surface area contributed by atoms with Crippen LogP contribution in [0.4, 0.5) is 4.39 Å². The molecule has 0 saturated carbocycles. The molecule has 3 aromatic rings. The minimum absolute atomic E-state index is 0.0481. The third-order valence-electron chi connectivity index (χ3n) is 4.87. The van der Waals surface area contributed by atoms with Crippen molar-refractivity contribution in [2.24, 2.45) is 7.05 Å². The van der Waals surface area contributed by atoms with Crippen molar-refractivity contribution in [3.8, 4) is 5.69 Å². The predicted octanol–water partition coefficient (Wildman–Crippen LogP) is 1.71. The highest BCUT2D eigenvalue weighted by molar-refractivity contribution is 7.89. The molecule has 0 N–H and O–H groups in total. The van der Waals surface area contributed by atoms with E-state index in [-0.39, 0.29) is 16.5 Å². The quantitative estimate of drug-likeness (QED) is 0.677. The predicted molar refractivity (Wildman–Crippen MR) is 95.3 cm³/mol. The number of benzene rings is 1. The zero-order chi connectivity index (χ0) is 19.0. The summed E-state index contributed by atoms with van der Waals surface area (Å²) in [5.41, 5.74) is 0.208. The zero-order valence-electron chi connectivity index (χ0n) is 14.7. The highest BCUT2D eigenvalue weighted by atomic mass is 32.2. The number of sulfonamides is 1. The highest BCUT2D eigenvalue weighted by Gasteiger charge is 2.32. The first-order valence-corrected chi connectivity index (χ1v) is 10.0. The Bertz CT molecular complexity index is 1040. The van der Waals surface area contributed by atoms with E-state index in [1.165, 1.54) is 27.3 Å². The Hall–Kier alpha value is -2.59. The first-order chi connectivity index (χ1) is 13.0. The van der Waals surface area contributed by atoms with Crippen LogP contribution < -0.4 is 0 Å². The monoisotopic (exact) mass is 390 g/mol. The van der Waals surface area contributed by atoms with Crippen molar-refractivity contribution in [2.75, 3.05) is 13.1 Å². The molecule has 0 bridgehead atoms. The summed E-state index contributed by atoms with van der Waals surface area (Å²) in [4.78, 5) is -0.0481. The zero-order valence-corrected chi connectivity index (χ0v) is 15.5. The smallest absolute Gasteiger partial charge is 0.243 e. The van der Waals surface area contributed by atoms with E-state index in [0.717, 1.165) is 11.9 Å². The average Bonchev–Trinajstić information content (AvgIpc) is 3.33. The minimum atomic E-state index is -3.75. The van der Waals surface area contributed by atoms with Gasteiger partial charge in [0, 0.05) is 38.4 Å². The molecule has 10 heteroatoms. The lowest BCUT2D eigenvalue weighted by Gasteiger charge is -2.30. The van der Waals surface area contributed by atoms with Gasteiger partial charge in [-0.2, -0.15) is 9.40 Å². The van der Waals surface area contributed by atoms with Crippen molar-refractivity contribution >= 4 is 10.0 Å². The largest absolute Gasteiger partial charge is 0.320 e. The second kappa shape index (κ2) is 6.86. The summed E-state index contributed by atoms with van der Waals surface area (Å²) in [6.07, 6.45) is 6.08. The number of hydrogen-bond donors (Lipinski definition) is 0. The highest BCUT2D eigenvalue weighted by Crippen LogP contribution is 2.30. The van der Waals surface area contributed by atoms with E-state index in [4.69, 9.17) is 0 Å². The molecule has 0 radical (unpaired) electrons. The van der Waals surface area contributed by atoms with Crippen LogP contribution in [0.5, 0.6) is 0 Å². The fraction of sp³-hybridized carbons (Fsp3) is 0.353. The summed E-state index contributed by atoms with van der Waals surface area (Å²) < 4.78 is 44.9. The van der Waals surface area contributed by atoms with E-state index in [0.29, 0.717) is 25.9 Å². The average molecular weight is 390 g/mol. The van der Waals surface area contributed by atoms with Crippen LogP contribution in [0.2, 0.25) is 0 Å². The Kier molecular flexibility index (Phi) is 4.52. The van der Waals surface area contributed by atoms with Crippen LogP contribution in [0.15, 0.2) is 47.9 Å². The summed E-state index contributed by atoms with van der Waals surface area (Å²) in [6.45, 7) is 0.727. The van der Waals surface area contributed by atoms with Gasteiger partial charge in [0.05, 0.1) is 4.90 Å². The van der Waals surface area contributed by atoms with Gasteiger partial charge in [-0.1, -0.05) is 0 Å². The third kappa shape index (κ3) is 3.26. The second-order valence-electron chi connectivity index (χ2n) is 6.54.